The standard InChI is InChI=1S/C22H24BrClFN5O4/c1-11(2)18(26)22(32)33-6-7-34-29-21(31)13-9-16-20(27-10-30(16)3)17(25)19(13)28-15-5-4-12(23)8-14(15)24/h4-5,8-11,18,28H,6-7,26H2,1-3H3,(H,29,31)/t18-/m0/s1. The molecule has 4 N–H and O–H groups in total. The van der Waals surface area contributed by atoms with Crippen LogP contribution in [-0.4, -0.2) is 40.7 Å². The Morgan fingerprint density at radius 3 is 2.71 bits per heavy atom. The average molecular weight is 557 g/mol. The molecule has 0 radical (unpaired) electrons. The Morgan fingerprint density at radius 1 is 1.29 bits per heavy atom. The van der Waals surface area contributed by atoms with Gasteiger partial charge in [-0.25, -0.2) is 14.9 Å². The highest BCUT2D eigenvalue weighted by atomic mass is 79.9. The van der Waals surface area contributed by atoms with E-state index in [1.165, 1.54) is 12.4 Å². The van der Waals surface area contributed by atoms with E-state index in [4.69, 9.17) is 26.9 Å². The molecular formula is C22H24BrClFN5O4. The van der Waals surface area contributed by atoms with Gasteiger partial charge in [-0.3, -0.25) is 14.4 Å². The van der Waals surface area contributed by atoms with Gasteiger partial charge in [0.1, 0.15) is 24.8 Å². The first-order valence-corrected chi connectivity index (χ1v) is 11.5. The molecule has 3 aromatic rings. The molecule has 1 aromatic heterocycles. The summed E-state index contributed by atoms with van der Waals surface area (Å²) in [7, 11) is 1.68. The third kappa shape index (κ3) is 5.84. The van der Waals surface area contributed by atoms with Crippen LogP contribution < -0.4 is 16.5 Å². The van der Waals surface area contributed by atoms with Gasteiger partial charge >= 0.3 is 5.97 Å². The van der Waals surface area contributed by atoms with Crippen molar-refractivity contribution in [2.75, 3.05) is 18.5 Å². The number of aromatic nitrogens is 2. The lowest BCUT2D eigenvalue weighted by atomic mass is 10.1. The zero-order valence-electron chi connectivity index (χ0n) is 18.7. The minimum Gasteiger partial charge on any atom is -0.462 e. The Balaban J connectivity index is 1.77. The predicted octanol–water partition coefficient (Wildman–Crippen LogP) is 4.06. The highest BCUT2D eigenvalue weighted by Gasteiger charge is 2.23. The number of imidazole rings is 1. The molecule has 1 amide bonds. The van der Waals surface area contributed by atoms with E-state index in [0.29, 0.717) is 16.2 Å². The molecule has 2 aromatic carbocycles. The zero-order valence-corrected chi connectivity index (χ0v) is 21.0. The Kier molecular flexibility index (Phi) is 8.47. The second kappa shape index (κ2) is 11.1. The number of fused-ring (bicyclic) bond motifs is 1. The number of rotatable bonds is 9. The first kappa shape index (κ1) is 25.9. The average Bonchev–Trinajstić information content (AvgIpc) is 3.16. The molecule has 34 heavy (non-hydrogen) atoms. The Labute approximate surface area is 208 Å². The van der Waals surface area contributed by atoms with Gasteiger partial charge in [0.25, 0.3) is 5.91 Å². The molecule has 3 rings (SSSR count). The van der Waals surface area contributed by atoms with Crippen molar-refractivity contribution >= 4 is 61.8 Å². The highest BCUT2D eigenvalue weighted by molar-refractivity contribution is 9.10. The molecule has 0 aliphatic carbocycles. The quantitative estimate of drug-likeness (QED) is 0.206. The van der Waals surface area contributed by atoms with Crippen molar-refractivity contribution in [1.82, 2.24) is 15.0 Å². The topological polar surface area (TPSA) is 120 Å². The van der Waals surface area contributed by atoms with Crippen molar-refractivity contribution < 1.29 is 23.6 Å². The lowest BCUT2D eigenvalue weighted by Gasteiger charge is -2.16. The zero-order chi connectivity index (χ0) is 25.0. The fourth-order valence-electron chi connectivity index (χ4n) is 2.98. The summed E-state index contributed by atoms with van der Waals surface area (Å²) in [5, 5.41) is 3.20. The van der Waals surface area contributed by atoms with Crippen LogP contribution in [0, 0.1) is 11.7 Å². The van der Waals surface area contributed by atoms with Crippen LogP contribution in [0.25, 0.3) is 11.0 Å². The maximum absolute atomic E-state index is 15.4. The summed E-state index contributed by atoms with van der Waals surface area (Å²) in [4.78, 5) is 33.9. The van der Waals surface area contributed by atoms with Crippen molar-refractivity contribution in [2.24, 2.45) is 18.7 Å². The van der Waals surface area contributed by atoms with Gasteiger partial charge in [0.2, 0.25) is 0 Å². The van der Waals surface area contributed by atoms with Gasteiger partial charge in [-0.05, 0) is 30.2 Å². The van der Waals surface area contributed by atoms with Gasteiger partial charge < -0.3 is 20.4 Å². The van der Waals surface area contributed by atoms with Crippen LogP contribution in [0.4, 0.5) is 15.8 Å². The Bertz CT molecular complexity index is 1220. The molecule has 1 heterocycles. The summed E-state index contributed by atoms with van der Waals surface area (Å²) in [5.41, 5.74) is 8.69. The number of amides is 1. The van der Waals surface area contributed by atoms with Crippen LogP contribution >= 0.6 is 27.5 Å². The largest absolute Gasteiger partial charge is 0.462 e. The normalized spacial score (nSPS) is 12.1. The molecule has 9 nitrogen and oxygen atoms in total. The van der Waals surface area contributed by atoms with E-state index in [0.717, 1.165) is 4.47 Å². The number of hydroxylamine groups is 1. The number of carbonyl (C=O) groups is 2. The number of hydrogen-bond donors (Lipinski definition) is 3. The van der Waals surface area contributed by atoms with Gasteiger partial charge in [0.05, 0.1) is 33.8 Å². The lowest BCUT2D eigenvalue weighted by Crippen LogP contribution is -2.37. The van der Waals surface area contributed by atoms with Crippen LogP contribution in [0.1, 0.15) is 24.2 Å². The molecule has 182 valence electrons. The predicted molar refractivity (Wildman–Crippen MR) is 130 cm³/mol. The van der Waals surface area contributed by atoms with Crippen molar-refractivity contribution in [3.05, 3.63) is 51.5 Å². The number of benzene rings is 2. The molecule has 0 bridgehead atoms. The SMILES string of the molecule is CC(C)[C@H](N)C(=O)OCCONC(=O)c1cc2c(ncn2C)c(F)c1Nc1ccc(Br)cc1Cl. The second-order valence-electron chi connectivity index (χ2n) is 7.80. The number of aryl methyl sites for hydroxylation is 1. The minimum absolute atomic E-state index is 0.0357. The molecule has 12 heteroatoms. The molecule has 0 unspecified atom stereocenters. The summed E-state index contributed by atoms with van der Waals surface area (Å²) in [5.74, 6) is -2.08. The van der Waals surface area contributed by atoms with Gasteiger partial charge in [0.15, 0.2) is 5.82 Å². The fraction of sp³-hybridized carbons (Fsp3) is 0.318. The molecule has 1 atom stereocenters. The third-order valence-electron chi connectivity index (χ3n) is 4.98. The van der Waals surface area contributed by atoms with Crippen molar-refractivity contribution in [3.8, 4) is 0 Å². The first-order valence-electron chi connectivity index (χ1n) is 10.3. The summed E-state index contributed by atoms with van der Waals surface area (Å²) in [6, 6.07) is 5.74. The van der Waals surface area contributed by atoms with Gasteiger partial charge in [-0.15, -0.1) is 0 Å². The van der Waals surface area contributed by atoms with Crippen LogP contribution in [0.3, 0.4) is 0 Å². The summed E-state index contributed by atoms with van der Waals surface area (Å²) in [6.07, 6.45) is 1.44. The van der Waals surface area contributed by atoms with Crippen LogP contribution in [0.15, 0.2) is 35.1 Å². The number of anilines is 2. The molecule has 0 aliphatic heterocycles. The van der Waals surface area contributed by atoms with E-state index >= 15 is 4.39 Å². The van der Waals surface area contributed by atoms with Gasteiger partial charge in [0, 0.05) is 11.5 Å². The second-order valence-corrected chi connectivity index (χ2v) is 9.13. The number of halogens is 3. The number of nitrogens with zero attached hydrogens (tertiary/aromatic N) is 2. The smallest absolute Gasteiger partial charge is 0.323 e. The fourth-order valence-corrected chi connectivity index (χ4v) is 3.70. The number of nitrogens with one attached hydrogen (secondary N) is 2. The summed E-state index contributed by atoms with van der Waals surface area (Å²) >= 11 is 9.58. The number of esters is 1. The molecular weight excluding hydrogens is 533 g/mol. The number of nitrogens with two attached hydrogens (primary N) is 1. The van der Waals surface area contributed by atoms with Crippen LogP contribution in [0.2, 0.25) is 5.02 Å². The highest BCUT2D eigenvalue weighted by Crippen LogP contribution is 2.34. The van der Waals surface area contributed by atoms with Crippen molar-refractivity contribution in [3.63, 3.8) is 0 Å². The first-order chi connectivity index (χ1) is 16.1. The van der Waals surface area contributed by atoms with Crippen LogP contribution in [-0.2, 0) is 21.4 Å². The van der Waals surface area contributed by atoms with Crippen molar-refractivity contribution in [1.29, 1.82) is 0 Å². The monoisotopic (exact) mass is 555 g/mol. The van der Waals surface area contributed by atoms with Crippen LogP contribution in [0.5, 0.6) is 0 Å². The molecule has 0 spiro atoms. The van der Waals surface area contributed by atoms with E-state index in [2.05, 4.69) is 31.7 Å². The number of hydrogen-bond acceptors (Lipinski definition) is 7. The van der Waals surface area contributed by atoms with Gasteiger partial charge in [-0.1, -0.05) is 41.4 Å². The Hall–Kier alpha value is -2.73. The van der Waals surface area contributed by atoms with E-state index in [9.17, 15) is 9.59 Å². The molecule has 0 fully saturated rings. The summed E-state index contributed by atoms with van der Waals surface area (Å²) in [6.45, 7) is 3.36. The van der Waals surface area contributed by atoms with E-state index in [-0.39, 0.29) is 35.9 Å². The van der Waals surface area contributed by atoms with E-state index in [1.807, 2.05) is 0 Å². The third-order valence-corrected chi connectivity index (χ3v) is 5.79. The Morgan fingerprint density at radius 2 is 2.03 bits per heavy atom. The minimum atomic E-state index is -0.748. The van der Waals surface area contributed by atoms with Crippen molar-refractivity contribution in [2.45, 2.75) is 19.9 Å². The molecule has 0 aliphatic rings. The van der Waals surface area contributed by atoms with E-state index in [1.54, 1.807) is 43.7 Å². The molecule has 0 saturated heterocycles. The number of ether oxygens (including phenoxy) is 1. The summed E-state index contributed by atoms with van der Waals surface area (Å²) < 4.78 is 22.7. The molecule has 0 saturated carbocycles. The van der Waals surface area contributed by atoms with E-state index < -0.39 is 23.7 Å². The maximum Gasteiger partial charge on any atom is 0.323 e. The maximum atomic E-state index is 15.4. The number of carbonyl (C=O) groups excluding carboxylic acids is 2. The van der Waals surface area contributed by atoms with Gasteiger partial charge in [-0.2, -0.15) is 0 Å². The lowest BCUT2D eigenvalue weighted by molar-refractivity contribution is -0.148.